The smallest absolute Gasteiger partial charge is 0.338 e. The van der Waals surface area contributed by atoms with Crippen LogP contribution in [0, 0.1) is 0 Å². The van der Waals surface area contributed by atoms with Crippen LogP contribution in [0.1, 0.15) is 16.8 Å². The monoisotopic (exact) mass is 264 g/mol. The topological polar surface area (TPSA) is 57.3 Å². The third kappa shape index (κ3) is 2.78. The fraction of sp³-hybridized carbons (Fsp3) is 0.500. The quantitative estimate of drug-likeness (QED) is 0.607. The number of benzene rings is 1. The van der Waals surface area contributed by atoms with Crippen molar-refractivity contribution in [2.24, 2.45) is 0 Å². The SMILES string of the molecule is CO[C@H]1O[C@H](COC(=O)c2ccccc2)C[C@H]2O[C@@H]12. The molecule has 4 atom stereocenters. The molecule has 5 nitrogen and oxygen atoms in total. The maximum atomic E-state index is 11.8. The minimum atomic E-state index is -0.348. The average molecular weight is 264 g/mol. The van der Waals surface area contributed by atoms with Gasteiger partial charge in [0, 0.05) is 13.5 Å². The van der Waals surface area contributed by atoms with Crippen LogP contribution in [-0.4, -0.2) is 44.3 Å². The molecule has 2 heterocycles. The van der Waals surface area contributed by atoms with E-state index >= 15 is 0 Å². The Hall–Kier alpha value is -1.43. The van der Waals surface area contributed by atoms with Gasteiger partial charge in [-0.3, -0.25) is 0 Å². The Kier molecular flexibility index (Phi) is 3.50. The Morgan fingerprint density at radius 3 is 2.84 bits per heavy atom. The Bertz CT molecular complexity index is 446. The predicted octanol–water partition coefficient (Wildman–Crippen LogP) is 1.37. The van der Waals surface area contributed by atoms with Crippen molar-refractivity contribution in [3.8, 4) is 0 Å². The van der Waals surface area contributed by atoms with Gasteiger partial charge in [-0.1, -0.05) is 18.2 Å². The number of ether oxygens (including phenoxy) is 4. The summed E-state index contributed by atoms with van der Waals surface area (Å²) in [5.41, 5.74) is 0.544. The summed E-state index contributed by atoms with van der Waals surface area (Å²) in [6.45, 7) is 0.222. The summed E-state index contributed by atoms with van der Waals surface area (Å²) in [5, 5.41) is 0. The van der Waals surface area contributed by atoms with Gasteiger partial charge in [-0.05, 0) is 12.1 Å². The lowest BCUT2D eigenvalue weighted by atomic mass is 10.1. The van der Waals surface area contributed by atoms with Crippen LogP contribution in [0.3, 0.4) is 0 Å². The second kappa shape index (κ2) is 5.28. The van der Waals surface area contributed by atoms with Crippen molar-refractivity contribution in [2.75, 3.05) is 13.7 Å². The first-order chi connectivity index (χ1) is 9.28. The number of esters is 1. The van der Waals surface area contributed by atoms with Crippen molar-refractivity contribution < 1.29 is 23.7 Å². The minimum Gasteiger partial charge on any atom is -0.459 e. The highest BCUT2D eigenvalue weighted by Crippen LogP contribution is 2.37. The largest absolute Gasteiger partial charge is 0.459 e. The molecule has 0 aromatic heterocycles. The number of carbonyl (C=O) groups excluding carboxylic acids is 1. The number of epoxide rings is 1. The highest BCUT2D eigenvalue weighted by atomic mass is 16.7. The number of methoxy groups -OCH3 is 1. The van der Waals surface area contributed by atoms with E-state index in [0.717, 1.165) is 6.42 Å². The van der Waals surface area contributed by atoms with Gasteiger partial charge in [0.1, 0.15) is 12.7 Å². The second-order valence-corrected chi connectivity index (χ2v) is 4.70. The molecular weight excluding hydrogens is 248 g/mol. The summed E-state index contributed by atoms with van der Waals surface area (Å²) in [4.78, 5) is 11.8. The van der Waals surface area contributed by atoms with Crippen molar-refractivity contribution in [1.29, 1.82) is 0 Å². The third-order valence-electron chi connectivity index (χ3n) is 3.35. The number of hydrogen-bond donors (Lipinski definition) is 0. The lowest BCUT2D eigenvalue weighted by molar-refractivity contribution is -0.181. The maximum absolute atomic E-state index is 11.8. The maximum Gasteiger partial charge on any atom is 0.338 e. The van der Waals surface area contributed by atoms with Crippen LogP contribution in [0.25, 0.3) is 0 Å². The van der Waals surface area contributed by atoms with Crippen molar-refractivity contribution in [3.05, 3.63) is 35.9 Å². The molecule has 0 bridgehead atoms. The second-order valence-electron chi connectivity index (χ2n) is 4.70. The molecule has 0 saturated carbocycles. The molecule has 0 unspecified atom stereocenters. The summed E-state index contributed by atoms with van der Waals surface area (Å²) in [6, 6.07) is 8.91. The molecule has 1 aromatic carbocycles. The van der Waals surface area contributed by atoms with Gasteiger partial charge in [0.25, 0.3) is 0 Å². The first-order valence-corrected chi connectivity index (χ1v) is 6.34. The van der Waals surface area contributed by atoms with E-state index in [1.54, 1.807) is 31.4 Å². The predicted molar refractivity (Wildman–Crippen MR) is 65.7 cm³/mol. The summed E-state index contributed by atoms with van der Waals surface area (Å²) in [5.74, 6) is -0.336. The zero-order valence-corrected chi connectivity index (χ0v) is 10.7. The molecule has 0 spiro atoms. The molecule has 2 saturated heterocycles. The summed E-state index contributed by atoms with van der Waals surface area (Å²) < 4.78 is 21.5. The van der Waals surface area contributed by atoms with Crippen LogP contribution >= 0.6 is 0 Å². The minimum absolute atomic E-state index is 0.0473. The molecule has 3 rings (SSSR count). The zero-order chi connectivity index (χ0) is 13.2. The molecule has 1 aromatic rings. The van der Waals surface area contributed by atoms with Crippen LogP contribution in [0.5, 0.6) is 0 Å². The third-order valence-corrected chi connectivity index (χ3v) is 3.35. The molecule has 0 N–H and O–H groups in total. The number of hydrogen-bond acceptors (Lipinski definition) is 5. The Labute approximate surface area is 111 Å². The molecule has 2 aliphatic heterocycles. The van der Waals surface area contributed by atoms with Crippen LogP contribution < -0.4 is 0 Å². The van der Waals surface area contributed by atoms with E-state index in [1.165, 1.54) is 0 Å². The van der Waals surface area contributed by atoms with Gasteiger partial charge in [-0.15, -0.1) is 0 Å². The van der Waals surface area contributed by atoms with E-state index in [4.69, 9.17) is 18.9 Å². The summed E-state index contributed by atoms with van der Waals surface area (Å²) in [6.07, 6.45) is 0.456. The number of carbonyl (C=O) groups is 1. The van der Waals surface area contributed by atoms with Gasteiger partial charge in [0.05, 0.1) is 17.8 Å². The molecular formula is C14H16O5. The molecule has 0 radical (unpaired) electrons. The van der Waals surface area contributed by atoms with E-state index in [2.05, 4.69) is 0 Å². The lowest BCUT2D eigenvalue weighted by Gasteiger charge is -2.25. The zero-order valence-electron chi connectivity index (χ0n) is 10.7. The van der Waals surface area contributed by atoms with Crippen LogP contribution in [0.4, 0.5) is 0 Å². The van der Waals surface area contributed by atoms with E-state index < -0.39 is 0 Å². The van der Waals surface area contributed by atoms with Crippen LogP contribution in [0.2, 0.25) is 0 Å². The summed E-state index contributed by atoms with van der Waals surface area (Å²) in [7, 11) is 1.59. The first-order valence-electron chi connectivity index (χ1n) is 6.34. The van der Waals surface area contributed by atoms with E-state index in [9.17, 15) is 4.79 Å². The van der Waals surface area contributed by atoms with Crippen LogP contribution in [-0.2, 0) is 18.9 Å². The number of rotatable bonds is 4. The van der Waals surface area contributed by atoms with Crippen molar-refractivity contribution >= 4 is 5.97 Å². The highest BCUT2D eigenvalue weighted by molar-refractivity contribution is 5.89. The number of fused-ring (bicyclic) bond motifs is 1. The van der Waals surface area contributed by atoms with E-state index in [-0.39, 0.29) is 37.2 Å². The molecule has 0 amide bonds. The molecule has 0 aliphatic carbocycles. The van der Waals surface area contributed by atoms with Crippen LogP contribution in [0.15, 0.2) is 30.3 Å². The molecule has 19 heavy (non-hydrogen) atoms. The van der Waals surface area contributed by atoms with Crippen molar-refractivity contribution in [3.63, 3.8) is 0 Å². The normalized spacial score (nSPS) is 32.5. The van der Waals surface area contributed by atoms with Gasteiger partial charge in [-0.25, -0.2) is 4.79 Å². The Balaban J connectivity index is 1.51. The highest BCUT2D eigenvalue weighted by Gasteiger charge is 2.52. The van der Waals surface area contributed by atoms with Gasteiger partial charge in [0.15, 0.2) is 6.29 Å². The Morgan fingerprint density at radius 2 is 2.11 bits per heavy atom. The van der Waals surface area contributed by atoms with E-state index in [0.29, 0.717) is 5.56 Å². The fourth-order valence-corrected chi connectivity index (χ4v) is 2.29. The average Bonchev–Trinajstić information content (AvgIpc) is 3.24. The molecule has 5 heteroatoms. The first kappa shape index (κ1) is 12.6. The van der Waals surface area contributed by atoms with Crippen molar-refractivity contribution in [2.45, 2.75) is 31.0 Å². The fourth-order valence-electron chi connectivity index (χ4n) is 2.29. The molecule has 2 fully saturated rings. The van der Waals surface area contributed by atoms with E-state index in [1.807, 2.05) is 6.07 Å². The van der Waals surface area contributed by atoms with Gasteiger partial charge >= 0.3 is 5.97 Å². The standard InChI is InChI=1S/C14H16O5/c1-16-14-12-11(19-12)7-10(18-14)8-17-13(15)9-5-3-2-4-6-9/h2-6,10-12,14H,7-8H2,1H3/t10-,11+,12+,14-/m0/s1. The van der Waals surface area contributed by atoms with Crippen molar-refractivity contribution in [1.82, 2.24) is 0 Å². The van der Waals surface area contributed by atoms with Gasteiger partial charge < -0.3 is 18.9 Å². The summed E-state index contributed by atoms with van der Waals surface area (Å²) >= 11 is 0. The van der Waals surface area contributed by atoms with Gasteiger partial charge in [0.2, 0.25) is 0 Å². The molecule has 102 valence electrons. The van der Waals surface area contributed by atoms with Gasteiger partial charge in [-0.2, -0.15) is 0 Å². The Morgan fingerprint density at radius 1 is 1.32 bits per heavy atom. The lowest BCUT2D eigenvalue weighted by Crippen LogP contribution is -2.38. The molecule has 2 aliphatic rings.